The standard InChI is InChI=1S/C9H18FNO5/c10-8(5-11)6-15-3-1-14-2-4-16-7-9(12)13/h8H,1-7,11H2,(H,12,13). The molecule has 0 saturated heterocycles. The van der Waals surface area contributed by atoms with Crippen LogP contribution < -0.4 is 5.73 Å². The maximum Gasteiger partial charge on any atom is 0.329 e. The molecule has 0 spiro atoms. The molecule has 3 N–H and O–H groups in total. The molecule has 0 rings (SSSR count). The number of carboxylic acid groups (broad SMARTS) is 1. The molecule has 1 atom stereocenters. The second kappa shape index (κ2) is 10.7. The van der Waals surface area contributed by atoms with E-state index in [9.17, 15) is 9.18 Å². The third kappa shape index (κ3) is 11.3. The van der Waals surface area contributed by atoms with Gasteiger partial charge in [-0.3, -0.25) is 0 Å². The highest BCUT2D eigenvalue weighted by atomic mass is 19.1. The molecule has 6 nitrogen and oxygen atoms in total. The average Bonchev–Trinajstić information content (AvgIpc) is 2.26. The lowest BCUT2D eigenvalue weighted by molar-refractivity contribution is -0.142. The number of rotatable bonds is 11. The van der Waals surface area contributed by atoms with E-state index in [0.717, 1.165) is 0 Å². The van der Waals surface area contributed by atoms with Crippen molar-refractivity contribution >= 4 is 5.97 Å². The molecule has 0 aliphatic rings. The van der Waals surface area contributed by atoms with Gasteiger partial charge in [-0.15, -0.1) is 0 Å². The summed E-state index contributed by atoms with van der Waals surface area (Å²) >= 11 is 0. The normalized spacial score (nSPS) is 12.6. The fourth-order valence-electron chi connectivity index (χ4n) is 0.776. The van der Waals surface area contributed by atoms with Crippen LogP contribution in [0.15, 0.2) is 0 Å². The molecule has 96 valence electrons. The first-order valence-corrected chi connectivity index (χ1v) is 4.96. The van der Waals surface area contributed by atoms with E-state index in [1.54, 1.807) is 0 Å². The number of carboxylic acids is 1. The third-order valence-corrected chi connectivity index (χ3v) is 1.52. The molecule has 0 aliphatic heterocycles. The molecule has 0 aromatic heterocycles. The number of hydrogen-bond acceptors (Lipinski definition) is 5. The maximum absolute atomic E-state index is 12.5. The van der Waals surface area contributed by atoms with E-state index < -0.39 is 12.1 Å². The first-order valence-electron chi connectivity index (χ1n) is 4.96. The van der Waals surface area contributed by atoms with Crippen LogP contribution in [-0.2, 0) is 19.0 Å². The zero-order chi connectivity index (χ0) is 12.2. The van der Waals surface area contributed by atoms with Gasteiger partial charge in [0.05, 0.1) is 33.0 Å². The van der Waals surface area contributed by atoms with E-state index in [-0.39, 0.29) is 39.6 Å². The summed E-state index contributed by atoms with van der Waals surface area (Å²) in [4.78, 5) is 10.0. The number of alkyl halides is 1. The molecule has 0 amide bonds. The molecule has 0 radical (unpaired) electrons. The highest BCUT2D eigenvalue weighted by molar-refractivity contribution is 5.67. The zero-order valence-electron chi connectivity index (χ0n) is 9.06. The first kappa shape index (κ1) is 15.2. The minimum Gasteiger partial charge on any atom is -0.480 e. The largest absolute Gasteiger partial charge is 0.480 e. The molecule has 0 saturated carbocycles. The lowest BCUT2D eigenvalue weighted by Gasteiger charge is -2.07. The van der Waals surface area contributed by atoms with Gasteiger partial charge in [-0.05, 0) is 0 Å². The Morgan fingerprint density at radius 3 is 2.31 bits per heavy atom. The van der Waals surface area contributed by atoms with Crippen molar-refractivity contribution in [3.05, 3.63) is 0 Å². The average molecular weight is 239 g/mol. The van der Waals surface area contributed by atoms with Crippen molar-refractivity contribution in [2.75, 3.05) is 46.2 Å². The van der Waals surface area contributed by atoms with Gasteiger partial charge >= 0.3 is 5.97 Å². The van der Waals surface area contributed by atoms with Crippen LogP contribution in [0, 0.1) is 0 Å². The van der Waals surface area contributed by atoms with E-state index in [1.807, 2.05) is 0 Å². The van der Waals surface area contributed by atoms with Gasteiger partial charge in [-0.25, -0.2) is 9.18 Å². The summed E-state index contributed by atoms with van der Waals surface area (Å²) < 4.78 is 27.2. The van der Waals surface area contributed by atoms with Crippen molar-refractivity contribution in [1.82, 2.24) is 0 Å². The van der Waals surface area contributed by atoms with Gasteiger partial charge in [0.15, 0.2) is 0 Å². The monoisotopic (exact) mass is 239 g/mol. The Kier molecular flexibility index (Phi) is 10.2. The second-order valence-corrected chi connectivity index (χ2v) is 2.97. The number of carbonyl (C=O) groups is 1. The van der Waals surface area contributed by atoms with Crippen molar-refractivity contribution in [3.63, 3.8) is 0 Å². The molecule has 0 aromatic rings. The summed E-state index contributed by atoms with van der Waals surface area (Å²) in [5.74, 6) is -1.01. The summed E-state index contributed by atoms with van der Waals surface area (Å²) in [6, 6.07) is 0. The second-order valence-electron chi connectivity index (χ2n) is 2.97. The number of ether oxygens (including phenoxy) is 3. The number of aliphatic carboxylic acids is 1. The SMILES string of the molecule is NCC(F)COCCOCCOCC(=O)O. The van der Waals surface area contributed by atoms with Crippen molar-refractivity contribution in [1.29, 1.82) is 0 Å². The van der Waals surface area contributed by atoms with E-state index >= 15 is 0 Å². The fourth-order valence-corrected chi connectivity index (χ4v) is 0.776. The van der Waals surface area contributed by atoms with E-state index in [0.29, 0.717) is 6.61 Å². The molecule has 7 heteroatoms. The molecule has 0 heterocycles. The molecular formula is C9H18FNO5. The third-order valence-electron chi connectivity index (χ3n) is 1.52. The Morgan fingerprint density at radius 2 is 1.75 bits per heavy atom. The summed E-state index contributed by atoms with van der Waals surface area (Å²) in [5, 5.41) is 8.23. The first-order chi connectivity index (χ1) is 7.66. The van der Waals surface area contributed by atoms with Crippen molar-refractivity contribution < 1.29 is 28.5 Å². The fraction of sp³-hybridized carbons (Fsp3) is 0.889. The van der Waals surface area contributed by atoms with Crippen LogP contribution in [-0.4, -0.2) is 63.4 Å². The Balaban J connectivity index is 3.01. The minimum atomic E-state index is -1.14. The van der Waals surface area contributed by atoms with Gasteiger partial charge in [-0.1, -0.05) is 0 Å². The highest BCUT2D eigenvalue weighted by Gasteiger charge is 2.02. The van der Waals surface area contributed by atoms with Crippen LogP contribution in [0.1, 0.15) is 0 Å². The van der Waals surface area contributed by atoms with Crippen LogP contribution in [0.4, 0.5) is 4.39 Å². The van der Waals surface area contributed by atoms with E-state index in [4.69, 9.17) is 25.1 Å². The lowest BCUT2D eigenvalue weighted by atomic mass is 10.4. The van der Waals surface area contributed by atoms with Crippen molar-refractivity contribution in [2.24, 2.45) is 5.73 Å². The van der Waals surface area contributed by atoms with Crippen LogP contribution in [0.3, 0.4) is 0 Å². The zero-order valence-corrected chi connectivity index (χ0v) is 9.06. The smallest absolute Gasteiger partial charge is 0.329 e. The molecular weight excluding hydrogens is 221 g/mol. The van der Waals surface area contributed by atoms with Gasteiger partial charge in [0.1, 0.15) is 12.8 Å². The van der Waals surface area contributed by atoms with Crippen LogP contribution in [0.2, 0.25) is 0 Å². The Morgan fingerprint density at radius 1 is 1.19 bits per heavy atom. The molecule has 0 fully saturated rings. The lowest BCUT2D eigenvalue weighted by Crippen LogP contribution is -2.22. The van der Waals surface area contributed by atoms with Gasteiger partial charge in [-0.2, -0.15) is 0 Å². The van der Waals surface area contributed by atoms with Gasteiger partial charge < -0.3 is 25.1 Å². The van der Waals surface area contributed by atoms with Gasteiger partial charge in [0.25, 0.3) is 0 Å². The summed E-state index contributed by atoms with van der Waals surface area (Å²) in [6.45, 7) is 0.666. The van der Waals surface area contributed by atoms with Crippen LogP contribution in [0.5, 0.6) is 0 Å². The van der Waals surface area contributed by atoms with Crippen molar-refractivity contribution in [3.8, 4) is 0 Å². The summed E-state index contributed by atoms with van der Waals surface area (Å²) in [6.07, 6.45) is -1.14. The molecule has 0 bridgehead atoms. The van der Waals surface area contributed by atoms with Crippen LogP contribution in [0.25, 0.3) is 0 Å². The van der Waals surface area contributed by atoms with Crippen molar-refractivity contribution in [2.45, 2.75) is 6.17 Å². The summed E-state index contributed by atoms with van der Waals surface area (Å²) in [7, 11) is 0. The molecule has 16 heavy (non-hydrogen) atoms. The molecule has 1 unspecified atom stereocenters. The quantitative estimate of drug-likeness (QED) is 0.469. The maximum atomic E-state index is 12.5. The van der Waals surface area contributed by atoms with E-state index in [1.165, 1.54) is 0 Å². The highest BCUT2D eigenvalue weighted by Crippen LogP contribution is 1.89. The number of halogens is 1. The predicted molar refractivity (Wildman–Crippen MR) is 54.0 cm³/mol. The molecule has 0 aliphatic carbocycles. The topological polar surface area (TPSA) is 91.0 Å². The van der Waals surface area contributed by atoms with Gasteiger partial charge in [0.2, 0.25) is 0 Å². The Bertz CT molecular complexity index is 181. The van der Waals surface area contributed by atoms with E-state index in [2.05, 4.69) is 0 Å². The number of hydrogen-bond donors (Lipinski definition) is 2. The van der Waals surface area contributed by atoms with Gasteiger partial charge in [0, 0.05) is 6.54 Å². The Hall–Kier alpha value is -0.760. The minimum absolute atomic E-state index is 0.0324. The predicted octanol–water partition coefficient (Wildman–Crippen LogP) is -0.582. The summed E-state index contributed by atoms with van der Waals surface area (Å²) in [5.41, 5.74) is 5.04. The Labute approximate surface area is 93.5 Å². The van der Waals surface area contributed by atoms with Crippen LogP contribution >= 0.6 is 0 Å². The molecule has 0 aromatic carbocycles. The number of nitrogens with two attached hydrogens (primary N) is 1.